The molecule has 0 aliphatic carbocycles. The number of fused-ring (bicyclic) bond motifs is 1. The van der Waals surface area contributed by atoms with Crippen molar-refractivity contribution in [3.63, 3.8) is 0 Å². The van der Waals surface area contributed by atoms with Gasteiger partial charge in [0, 0.05) is 54.6 Å². The van der Waals surface area contributed by atoms with Gasteiger partial charge in [-0.1, -0.05) is 41.4 Å². The molecule has 2 saturated heterocycles. The zero-order chi connectivity index (χ0) is 25.1. The van der Waals surface area contributed by atoms with E-state index in [-0.39, 0.29) is 11.9 Å². The zero-order valence-electron chi connectivity index (χ0n) is 20.4. The van der Waals surface area contributed by atoms with Crippen molar-refractivity contribution in [3.05, 3.63) is 82.1 Å². The summed E-state index contributed by atoms with van der Waals surface area (Å²) in [5.41, 5.74) is 3.17. The Morgan fingerprint density at radius 2 is 1.78 bits per heavy atom. The van der Waals surface area contributed by atoms with Gasteiger partial charge in [0.05, 0.1) is 16.1 Å². The van der Waals surface area contributed by atoms with Crippen molar-refractivity contribution in [2.75, 3.05) is 32.7 Å². The molecule has 3 aromatic rings. The van der Waals surface area contributed by atoms with E-state index >= 15 is 0 Å². The highest BCUT2D eigenvalue weighted by Crippen LogP contribution is 2.33. The second kappa shape index (κ2) is 11.4. The number of rotatable bonds is 7. The highest BCUT2D eigenvalue weighted by molar-refractivity contribution is 6.42. The Hall–Kier alpha value is -2.31. The van der Waals surface area contributed by atoms with E-state index in [1.807, 2.05) is 6.20 Å². The standard InChI is InChI=1S/C29H33Cl2N3O2/c30-25-6-5-22(17-26(25)31)28(35)11-16-33-12-9-21(10-13-33)29(36)19-34-14-7-20(8-15-34)24-18-32-27-4-2-1-3-23(24)27/h1-6,11,16-18,20-21,29,32,36H,7-10,12-15,19H2. The van der Waals surface area contributed by atoms with E-state index < -0.39 is 0 Å². The number of allylic oxidation sites excluding steroid dienone is 1. The Labute approximate surface area is 222 Å². The first-order valence-electron chi connectivity index (χ1n) is 12.9. The van der Waals surface area contributed by atoms with Crippen LogP contribution >= 0.6 is 23.2 Å². The number of likely N-dealkylation sites (tertiary alicyclic amines) is 2. The summed E-state index contributed by atoms with van der Waals surface area (Å²) in [7, 11) is 0. The van der Waals surface area contributed by atoms with Crippen LogP contribution in [0.3, 0.4) is 0 Å². The second-order valence-corrected chi connectivity index (χ2v) is 10.9. The SMILES string of the molecule is O=C(C=CN1CCC(C(O)CN2CCC(c3c[nH]c4ccccc34)CC2)CC1)c1ccc(Cl)c(Cl)c1. The lowest BCUT2D eigenvalue weighted by molar-refractivity contribution is 0.0319. The minimum absolute atomic E-state index is 0.0910. The number of aliphatic hydroxyl groups excluding tert-OH is 1. The molecular weight excluding hydrogens is 493 g/mol. The lowest BCUT2D eigenvalue weighted by Crippen LogP contribution is -2.43. The molecule has 5 rings (SSSR count). The number of hydrogen-bond acceptors (Lipinski definition) is 4. The molecule has 0 amide bonds. The summed E-state index contributed by atoms with van der Waals surface area (Å²) in [5, 5.41) is 13.1. The molecule has 36 heavy (non-hydrogen) atoms. The number of hydrogen-bond donors (Lipinski definition) is 2. The Morgan fingerprint density at radius 3 is 2.53 bits per heavy atom. The summed E-state index contributed by atoms with van der Waals surface area (Å²) in [5.74, 6) is 0.787. The van der Waals surface area contributed by atoms with Crippen LogP contribution in [0.25, 0.3) is 10.9 Å². The molecule has 2 N–H and O–H groups in total. The number of aliphatic hydroxyl groups is 1. The van der Waals surface area contributed by atoms with Gasteiger partial charge in [0.2, 0.25) is 0 Å². The number of halogens is 2. The molecule has 0 saturated carbocycles. The largest absolute Gasteiger partial charge is 0.392 e. The molecule has 1 unspecified atom stereocenters. The monoisotopic (exact) mass is 525 g/mol. The molecule has 2 aromatic carbocycles. The topological polar surface area (TPSA) is 59.6 Å². The lowest BCUT2D eigenvalue weighted by Gasteiger charge is -2.37. The van der Waals surface area contributed by atoms with Gasteiger partial charge in [-0.2, -0.15) is 0 Å². The average Bonchev–Trinajstić information content (AvgIpc) is 3.34. The van der Waals surface area contributed by atoms with Crippen molar-refractivity contribution in [2.24, 2.45) is 5.92 Å². The van der Waals surface area contributed by atoms with Crippen LogP contribution in [0.1, 0.15) is 47.5 Å². The number of para-hydroxylation sites is 1. The van der Waals surface area contributed by atoms with Gasteiger partial charge in [-0.25, -0.2) is 0 Å². The van der Waals surface area contributed by atoms with E-state index in [0.29, 0.717) is 27.4 Å². The number of piperidine rings is 2. The minimum Gasteiger partial charge on any atom is -0.392 e. The van der Waals surface area contributed by atoms with Gasteiger partial charge >= 0.3 is 0 Å². The van der Waals surface area contributed by atoms with Gasteiger partial charge in [0.15, 0.2) is 5.78 Å². The molecule has 3 heterocycles. The molecule has 5 nitrogen and oxygen atoms in total. The Morgan fingerprint density at radius 1 is 1.03 bits per heavy atom. The molecule has 1 aromatic heterocycles. The Balaban J connectivity index is 1.06. The fraction of sp³-hybridized carbons (Fsp3) is 0.414. The first kappa shape index (κ1) is 25.3. The van der Waals surface area contributed by atoms with Crippen LogP contribution in [0.5, 0.6) is 0 Å². The summed E-state index contributed by atoms with van der Waals surface area (Å²) in [6, 6.07) is 13.5. The number of nitrogens with one attached hydrogen (secondary N) is 1. The number of H-pyrrole nitrogens is 1. The number of aromatic amines is 1. The third-order valence-electron chi connectivity index (χ3n) is 7.85. The summed E-state index contributed by atoms with van der Waals surface area (Å²) in [6.07, 6.45) is 9.45. The lowest BCUT2D eigenvalue weighted by atomic mass is 9.87. The number of aromatic nitrogens is 1. The van der Waals surface area contributed by atoms with E-state index in [0.717, 1.165) is 58.4 Å². The van der Waals surface area contributed by atoms with E-state index in [4.69, 9.17) is 23.2 Å². The van der Waals surface area contributed by atoms with Crippen molar-refractivity contribution in [1.82, 2.24) is 14.8 Å². The maximum Gasteiger partial charge on any atom is 0.187 e. The third kappa shape index (κ3) is 5.81. The molecule has 7 heteroatoms. The number of nitrogens with zero attached hydrogens (tertiary/aromatic N) is 2. The molecule has 0 spiro atoms. The fourth-order valence-electron chi connectivity index (χ4n) is 5.64. The molecule has 2 aliphatic heterocycles. The second-order valence-electron chi connectivity index (χ2n) is 10.1. The van der Waals surface area contributed by atoms with Gasteiger partial charge in [-0.05, 0) is 80.4 Å². The van der Waals surface area contributed by atoms with Crippen LogP contribution in [-0.2, 0) is 0 Å². The number of β-amino-alcohol motifs (C(OH)–C–C–N with tert-alkyl or cyclic N) is 1. The van der Waals surface area contributed by atoms with Crippen molar-refractivity contribution in [2.45, 2.75) is 37.7 Å². The number of carbonyl (C=O) groups is 1. The van der Waals surface area contributed by atoms with E-state index in [1.165, 1.54) is 16.5 Å². The van der Waals surface area contributed by atoms with Gasteiger partial charge < -0.3 is 19.9 Å². The molecule has 0 radical (unpaired) electrons. The van der Waals surface area contributed by atoms with Gasteiger partial charge in [0.1, 0.15) is 0 Å². The summed E-state index contributed by atoms with van der Waals surface area (Å²) >= 11 is 12.0. The van der Waals surface area contributed by atoms with Crippen LogP contribution < -0.4 is 0 Å². The van der Waals surface area contributed by atoms with E-state index in [9.17, 15) is 9.90 Å². The Bertz CT molecular complexity index is 1220. The summed E-state index contributed by atoms with van der Waals surface area (Å²) in [4.78, 5) is 20.4. The van der Waals surface area contributed by atoms with Crippen LogP contribution in [0.4, 0.5) is 0 Å². The molecule has 2 aliphatic rings. The van der Waals surface area contributed by atoms with Crippen molar-refractivity contribution < 1.29 is 9.90 Å². The number of benzene rings is 2. The van der Waals surface area contributed by atoms with Gasteiger partial charge in [0.25, 0.3) is 0 Å². The Kier molecular flexibility index (Phi) is 8.02. The smallest absolute Gasteiger partial charge is 0.187 e. The third-order valence-corrected chi connectivity index (χ3v) is 8.59. The van der Waals surface area contributed by atoms with E-state index in [2.05, 4.69) is 45.2 Å². The zero-order valence-corrected chi connectivity index (χ0v) is 21.9. The van der Waals surface area contributed by atoms with Crippen LogP contribution in [0, 0.1) is 5.92 Å². The summed E-state index contributed by atoms with van der Waals surface area (Å²) < 4.78 is 0. The van der Waals surface area contributed by atoms with Crippen LogP contribution in [0.2, 0.25) is 10.0 Å². The molecule has 2 fully saturated rings. The summed E-state index contributed by atoms with van der Waals surface area (Å²) in [6.45, 7) is 4.49. The predicted octanol–water partition coefficient (Wildman–Crippen LogP) is 6.12. The number of ketones is 1. The quantitative estimate of drug-likeness (QED) is 0.288. The van der Waals surface area contributed by atoms with E-state index in [1.54, 1.807) is 24.3 Å². The normalized spacial score (nSPS) is 19.4. The van der Waals surface area contributed by atoms with Gasteiger partial charge in [-0.3, -0.25) is 4.79 Å². The molecular formula is C29H33Cl2N3O2. The maximum absolute atomic E-state index is 12.4. The highest BCUT2D eigenvalue weighted by Gasteiger charge is 2.28. The molecule has 190 valence electrons. The van der Waals surface area contributed by atoms with Crippen LogP contribution in [-0.4, -0.2) is 64.5 Å². The predicted molar refractivity (Wildman–Crippen MR) is 147 cm³/mol. The minimum atomic E-state index is -0.307. The van der Waals surface area contributed by atoms with Crippen molar-refractivity contribution in [1.29, 1.82) is 0 Å². The highest BCUT2D eigenvalue weighted by atomic mass is 35.5. The number of carbonyl (C=O) groups excluding carboxylic acids is 1. The fourth-order valence-corrected chi connectivity index (χ4v) is 5.94. The average molecular weight is 527 g/mol. The maximum atomic E-state index is 12.4. The molecule has 0 bridgehead atoms. The first-order chi connectivity index (χ1) is 17.5. The molecule has 1 atom stereocenters. The first-order valence-corrected chi connectivity index (χ1v) is 13.6. The van der Waals surface area contributed by atoms with Crippen molar-refractivity contribution in [3.8, 4) is 0 Å². The van der Waals surface area contributed by atoms with Crippen LogP contribution in [0.15, 0.2) is 60.9 Å². The van der Waals surface area contributed by atoms with Crippen molar-refractivity contribution >= 4 is 39.9 Å². The van der Waals surface area contributed by atoms with Gasteiger partial charge in [-0.15, -0.1) is 0 Å².